The minimum Gasteiger partial charge on any atom is -0.387 e. The zero-order chi connectivity index (χ0) is 8.36. The Morgan fingerprint density at radius 3 is 1.90 bits per heavy atom. The largest absolute Gasteiger partial charge is 0.387 e. The van der Waals surface area contributed by atoms with Crippen molar-refractivity contribution < 1.29 is 9.50 Å². The summed E-state index contributed by atoms with van der Waals surface area (Å²) in [4.78, 5) is 0. The van der Waals surface area contributed by atoms with Crippen LogP contribution in [0.3, 0.4) is 0 Å². The Kier molecular flexibility index (Phi) is 3.29. The molecular weight excluding hydrogens is 131 g/mol. The van der Waals surface area contributed by atoms with Crippen LogP contribution in [0.5, 0.6) is 0 Å². The standard InChI is InChI=1S/C8H17FO/c1-6(2)5-7(9)8(3,4)10/h6-7,10H,5H2,1-4H3/t7-/m1/s1. The Balaban J connectivity index is 3.73. The Morgan fingerprint density at radius 1 is 1.40 bits per heavy atom. The van der Waals surface area contributed by atoms with Gasteiger partial charge in [-0.05, 0) is 26.2 Å². The van der Waals surface area contributed by atoms with Crippen molar-refractivity contribution in [2.45, 2.75) is 45.9 Å². The van der Waals surface area contributed by atoms with Gasteiger partial charge in [-0.15, -0.1) is 0 Å². The van der Waals surface area contributed by atoms with Crippen LogP contribution in [0.15, 0.2) is 0 Å². The van der Waals surface area contributed by atoms with Crippen molar-refractivity contribution in [3.8, 4) is 0 Å². The van der Waals surface area contributed by atoms with Gasteiger partial charge in [0, 0.05) is 0 Å². The zero-order valence-corrected chi connectivity index (χ0v) is 7.19. The molecule has 1 N–H and O–H groups in total. The van der Waals surface area contributed by atoms with Crippen LogP contribution in [-0.4, -0.2) is 16.9 Å². The number of rotatable bonds is 3. The first-order valence-corrected chi connectivity index (χ1v) is 3.70. The van der Waals surface area contributed by atoms with Crippen molar-refractivity contribution in [2.75, 3.05) is 0 Å². The second kappa shape index (κ2) is 3.33. The number of halogens is 1. The van der Waals surface area contributed by atoms with Crippen LogP contribution in [0.1, 0.15) is 34.1 Å². The molecule has 1 nitrogen and oxygen atoms in total. The van der Waals surface area contributed by atoms with E-state index < -0.39 is 11.8 Å². The van der Waals surface area contributed by atoms with Crippen molar-refractivity contribution in [3.05, 3.63) is 0 Å². The maximum atomic E-state index is 12.9. The zero-order valence-electron chi connectivity index (χ0n) is 7.19. The summed E-state index contributed by atoms with van der Waals surface area (Å²) in [7, 11) is 0. The van der Waals surface area contributed by atoms with Gasteiger partial charge in [0.05, 0.1) is 5.60 Å². The number of alkyl halides is 1. The topological polar surface area (TPSA) is 20.2 Å². The molecule has 0 unspecified atom stereocenters. The van der Waals surface area contributed by atoms with Crippen molar-refractivity contribution in [3.63, 3.8) is 0 Å². The van der Waals surface area contributed by atoms with Gasteiger partial charge in [0.2, 0.25) is 0 Å². The second-order valence-electron chi connectivity index (χ2n) is 3.75. The fraction of sp³-hybridized carbons (Fsp3) is 1.00. The summed E-state index contributed by atoms with van der Waals surface area (Å²) < 4.78 is 12.9. The predicted molar refractivity (Wildman–Crippen MR) is 40.6 cm³/mol. The smallest absolute Gasteiger partial charge is 0.128 e. The summed E-state index contributed by atoms with van der Waals surface area (Å²) in [5.41, 5.74) is -1.18. The van der Waals surface area contributed by atoms with E-state index in [0.717, 1.165) is 0 Å². The minimum absolute atomic E-state index is 0.307. The van der Waals surface area contributed by atoms with Crippen LogP contribution in [0, 0.1) is 5.92 Å². The third-order valence-electron chi connectivity index (χ3n) is 1.44. The van der Waals surface area contributed by atoms with E-state index in [1.54, 1.807) is 0 Å². The van der Waals surface area contributed by atoms with Crippen LogP contribution in [0.2, 0.25) is 0 Å². The Hall–Kier alpha value is -0.110. The highest BCUT2D eigenvalue weighted by molar-refractivity contribution is 4.77. The average molecular weight is 148 g/mol. The normalized spacial score (nSPS) is 15.9. The highest BCUT2D eigenvalue weighted by atomic mass is 19.1. The van der Waals surface area contributed by atoms with Crippen molar-refractivity contribution >= 4 is 0 Å². The number of hydrogen-bond donors (Lipinski definition) is 1. The Bertz CT molecular complexity index is 93.9. The van der Waals surface area contributed by atoms with Gasteiger partial charge in [-0.2, -0.15) is 0 Å². The van der Waals surface area contributed by atoms with E-state index in [4.69, 9.17) is 5.11 Å². The lowest BCUT2D eigenvalue weighted by Crippen LogP contribution is -2.33. The summed E-state index contributed by atoms with van der Waals surface area (Å²) in [6.45, 7) is 6.89. The van der Waals surface area contributed by atoms with Gasteiger partial charge in [0.1, 0.15) is 6.17 Å². The van der Waals surface area contributed by atoms with Crippen molar-refractivity contribution in [1.82, 2.24) is 0 Å². The van der Waals surface area contributed by atoms with Gasteiger partial charge in [0.25, 0.3) is 0 Å². The van der Waals surface area contributed by atoms with E-state index in [0.29, 0.717) is 12.3 Å². The molecule has 2 heteroatoms. The van der Waals surface area contributed by atoms with Gasteiger partial charge in [-0.3, -0.25) is 0 Å². The highest BCUT2D eigenvalue weighted by Gasteiger charge is 2.26. The van der Waals surface area contributed by atoms with E-state index >= 15 is 0 Å². The second-order valence-corrected chi connectivity index (χ2v) is 3.75. The van der Waals surface area contributed by atoms with E-state index in [-0.39, 0.29) is 0 Å². The summed E-state index contributed by atoms with van der Waals surface area (Å²) in [5.74, 6) is 0.307. The molecule has 0 heterocycles. The van der Waals surface area contributed by atoms with E-state index in [2.05, 4.69) is 0 Å². The predicted octanol–water partition coefficient (Wildman–Crippen LogP) is 2.14. The number of hydrogen-bond acceptors (Lipinski definition) is 1. The molecule has 0 aliphatic carbocycles. The van der Waals surface area contributed by atoms with Crippen LogP contribution in [0.4, 0.5) is 4.39 Å². The summed E-state index contributed by atoms with van der Waals surface area (Å²) >= 11 is 0. The van der Waals surface area contributed by atoms with Crippen molar-refractivity contribution in [1.29, 1.82) is 0 Å². The third kappa shape index (κ3) is 3.83. The molecule has 0 amide bonds. The molecule has 10 heavy (non-hydrogen) atoms. The molecule has 0 aromatic rings. The summed E-state index contributed by atoms with van der Waals surface area (Å²) in [5, 5.41) is 9.16. The Morgan fingerprint density at radius 2 is 1.80 bits per heavy atom. The molecule has 0 radical (unpaired) electrons. The van der Waals surface area contributed by atoms with Gasteiger partial charge in [-0.1, -0.05) is 13.8 Å². The molecule has 0 aromatic heterocycles. The third-order valence-corrected chi connectivity index (χ3v) is 1.44. The van der Waals surface area contributed by atoms with Gasteiger partial charge in [0.15, 0.2) is 0 Å². The first-order chi connectivity index (χ1) is 4.34. The molecule has 0 saturated heterocycles. The van der Waals surface area contributed by atoms with E-state index in [1.807, 2.05) is 13.8 Å². The molecule has 0 fully saturated rings. The lowest BCUT2D eigenvalue weighted by Gasteiger charge is -2.23. The first-order valence-electron chi connectivity index (χ1n) is 3.70. The molecule has 1 atom stereocenters. The Labute approximate surface area is 62.3 Å². The highest BCUT2D eigenvalue weighted by Crippen LogP contribution is 2.19. The molecule has 0 bridgehead atoms. The van der Waals surface area contributed by atoms with E-state index in [1.165, 1.54) is 13.8 Å². The SMILES string of the molecule is CC(C)C[C@@H](F)C(C)(C)O. The number of aliphatic hydroxyl groups is 1. The molecule has 0 saturated carbocycles. The monoisotopic (exact) mass is 148 g/mol. The minimum atomic E-state index is -1.18. The van der Waals surface area contributed by atoms with Crippen LogP contribution in [0.25, 0.3) is 0 Å². The quantitative estimate of drug-likeness (QED) is 0.650. The lowest BCUT2D eigenvalue weighted by molar-refractivity contribution is -0.0117. The average Bonchev–Trinajstić information content (AvgIpc) is 1.60. The molecule has 0 aliphatic rings. The van der Waals surface area contributed by atoms with Gasteiger partial charge in [-0.25, -0.2) is 4.39 Å². The van der Waals surface area contributed by atoms with E-state index in [9.17, 15) is 4.39 Å². The fourth-order valence-corrected chi connectivity index (χ4v) is 0.702. The van der Waals surface area contributed by atoms with Crippen LogP contribution >= 0.6 is 0 Å². The summed E-state index contributed by atoms with van der Waals surface area (Å²) in [6, 6.07) is 0. The maximum Gasteiger partial charge on any atom is 0.128 e. The van der Waals surface area contributed by atoms with Gasteiger partial charge >= 0.3 is 0 Å². The first kappa shape index (κ1) is 9.89. The fourth-order valence-electron chi connectivity index (χ4n) is 0.702. The molecule has 62 valence electrons. The molecule has 0 aromatic carbocycles. The molecular formula is C8H17FO. The maximum absolute atomic E-state index is 12.9. The van der Waals surface area contributed by atoms with Crippen LogP contribution < -0.4 is 0 Å². The lowest BCUT2D eigenvalue weighted by atomic mass is 9.95. The molecule has 0 rings (SSSR count). The summed E-state index contributed by atoms with van der Waals surface area (Å²) in [6.07, 6.45) is -0.670. The molecule has 0 aliphatic heterocycles. The molecule has 0 spiro atoms. The van der Waals surface area contributed by atoms with Crippen molar-refractivity contribution in [2.24, 2.45) is 5.92 Å². The van der Waals surface area contributed by atoms with Gasteiger partial charge < -0.3 is 5.11 Å². The van der Waals surface area contributed by atoms with Crippen LogP contribution in [-0.2, 0) is 0 Å².